The SMILES string of the molecule is CC1(C)O[C@H]2C[C@@H]3C=CC(=O)N3C[C@H]2O1. The first-order valence-corrected chi connectivity index (χ1v) is 5.40. The zero-order valence-corrected chi connectivity index (χ0v) is 8.97. The zero-order valence-electron chi connectivity index (χ0n) is 8.97. The molecule has 0 aromatic heterocycles. The van der Waals surface area contributed by atoms with Crippen molar-refractivity contribution in [3.63, 3.8) is 0 Å². The maximum absolute atomic E-state index is 11.5. The summed E-state index contributed by atoms with van der Waals surface area (Å²) < 4.78 is 11.6. The molecular weight excluding hydrogens is 194 g/mol. The van der Waals surface area contributed by atoms with Gasteiger partial charge in [0.05, 0.1) is 18.7 Å². The molecule has 0 unspecified atom stereocenters. The van der Waals surface area contributed by atoms with Crippen molar-refractivity contribution in [2.24, 2.45) is 0 Å². The van der Waals surface area contributed by atoms with E-state index in [0.717, 1.165) is 6.42 Å². The number of piperidine rings is 1. The van der Waals surface area contributed by atoms with Crippen molar-refractivity contribution >= 4 is 5.91 Å². The van der Waals surface area contributed by atoms with Crippen LogP contribution in [0.15, 0.2) is 12.2 Å². The third kappa shape index (κ3) is 1.40. The standard InChI is InChI=1S/C11H15NO3/c1-11(2)14-8-5-7-3-4-10(13)12(7)6-9(8)15-11/h3-4,7-9H,5-6H2,1-2H3/t7-,8-,9+/m0/s1. The summed E-state index contributed by atoms with van der Waals surface area (Å²) >= 11 is 0. The lowest BCUT2D eigenvalue weighted by molar-refractivity contribution is -0.146. The smallest absolute Gasteiger partial charge is 0.246 e. The predicted octanol–water partition coefficient (Wildman–Crippen LogP) is 0.677. The minimum absolute atomic E-state index is 0.0418. The van der Waals surface area contributed by atoms with E-state index in [2.05, 4.69) is 0 Å². The van der Waals surface area contributed by atoms with Crippen molar-refractivity contribution < 1.29 is 14.3 Å². The van der Waals surface area contributed by atoms with E-state index in [1.165, 1.54) is 0 Å². The molecule has 3 aliphatic heterocycles. The third-order valence-corrected chi connectivity index (χ3v) is 3.28. The third-order valence-electron chi connectivity index (χ3n) is 3.28. The molecule has 0 bridgehead atoms. The molecule has 0 aromatic carbocycles. The van der Waals surface area contributed by atoms with E-state index in [1.807, 2.05) is 24.8 Å². The van der Waals surface area contributed by atoms with Crippen LogP contribution >= 0.6 is 0 Å². The fourth-order valence-electron chi connectivity index (χ4n) is 2.68. The van der Waals surface area contributed by atoms with E-state index in [-0.39, 0.29) is 24.2 Å². The fourth-order valence-corrected chi connectivity index (χ4v) is 2.68. The first-order valence-electron chi connectivity index (χ1n) is 5.40. The molecule has 2 fully saturated rings. The normalized spacial score (nSPS) is 41.9. The van der Waals surface area contributed by atoms with Gasteiger partial charge in [0.25, 0.3) is 0 Å². The summed E-state index contributed by atoms with van der Waals surface area (Å²) in [5, 5.41) is 0. The van der Waals surface area contributed by atoms with Crippen LogP contribution in [-0.4, -0.2) is 41.4 Å². The number of fused-ring (bicyclic) bond motifs is 2. The van der Waals surface area contributed by atoms with Crippen molar-refractivity contribution in [1.29, 1.82) is 0 Å². The zero-order chi connectivity index (χ0) is 10.6. The molecule has 3 atom stereocenters. The molecule has 1 amide bonds. The molecular formula is C11H15NO3. The van der Waals surface area contributed by atoms with E-state index in [9.17, 15) is 4.79 Å². The van der Waals surface area contributed by atoms with Gasteiger partial charge in [-0.05, 0) is 13.8 Å². The molecule has 0 spiro atoms. The average Bonchev–Trinajstić information content (AvgIpc) is 2.62. The van der Waals surface area contributed by atoms with Crippen LogP contribution in [0.1, 0.15) is 20.3 Å². The predicted molar refractivity (Wildman–Crippen MR) is 53.1 cm³/mol. The number of carbonyl (C=O) groups excluding carboxylic acids is 1. The van der Waals surface area contributed by atoms with Crippen LogP contribution in [0.5, 0.6) is 0 Å². The van der Waals surface area contributed by atoms with Gasteiger partial charge in [-0.25, -0.2) is 0 Å². The Bertz CT molecular complexity index is 337. The van der Waals surface area contributed by atoms with Crippen LogP contribution in [-0.2, 0) is 14.3 Å². The number of nitrogens with zero attached hydrogens (tertiary/aromatic N) is 1. The second-order valence-corrected chi connectivity index (χ2v) is 4.87. The highest BCUT2D eigenvalue weighted by Crippen LogP contribution is 2.36. The quantitative estimate of drug-likeness (QED) is 0.589. The Hall–Kier alpha value is -0.870. The molecule has 3 rings (SSSR count). The van der Waals surface area contributed by atoms with Gasteiger partial charge in [-0.2, -0.15) is 0 Å². The summed E-state index contributed by atoms with van der Waals surface area (Å²) in [7, 11) is 0. The maximum atomic E-state index is 11.5. The van der Waals surface area contributed by atoms with Gasteiger partial charge < -0.3 is 14.4 Å². The molecule has 0 aromatic rings. The summed E-state index contributed by atoms with van der Waals surface area (Å²) in [4.78, 5) is 13.4. The fraction of sp³-hybridized carbons (Fsp3) is 0.727. The number of hydrogen-bond acceptors (Lipinski definition) is 3. The van der Waals surface area contributed by atoms with Gasteiger partial charge in [0, 0.05) is 12.5 Å². The molecule has 0 saturated carbocycles. The number of rotatable bonds is 0. The number of carbonyl (C=O) groups is 1. The highest BCUT2D eigenvalue weighted by atomic mass is 16.8. The first-order chi connectivity index (χ1) is 7.05. The van der Waals surface area contributed by atoms with Gasteiger partial charge in [-0.1, -0.05) is 6.08 Å². The second-order valence-electron chi connectivity index (χ2n) is 4.87. The van der Waals surface area contributed by atoms with Crippen LogP contribution in [0.2, 0.25) is 0 Å². The summed E-state index contributed by atoms with van der Waals surface area (Å²) in [6, 6.07) is 0.219. The average molecular weight is 209 g/mol. The molecule has 3 aliphatic rings. The van der Waals surface area contributed by atoms with Crippen molar-refractivity contribution in [3.8, 4) is 0 Å². The Kier molecular flexibility index (Phi) is 1.77. The molecule has 0 radical (unpaired) electrons. The minimum Gasteiger partial charge on any atom is -0.344 e. The van der Waals surface area contributed by atoms with Crippen molar-refractivity contribution in [3.05, 3.63) is 12.2 Å². The molecule has 0 N–H and O–H groups in total. The van der Waals surface area contributed by atoms with Crippen molar-refractivity contribution in [2.45, 2.75) is 44.3 Å². The Morgan fingerprint density at radius 1 is 1.40 bits per heavy atom. The van der Waals surface area contributed by atoms with Crippen molar-refractivity contribution in [1.82, 2.24) is 4.90 Å². The Balaban J connectivity index is 1.80. The first kappa shape index (κ1) is 9.36. The minimum atomic E-state index is -0.498. The van der Waals surface area contributed by atoms with Crippen LogP contribution in [0, 0.1) is 0 Å². The van der Waals surface area contributed by atoms with Crippen LogP contribution in [0.25, 0.3) is 0 Å². The Morgan fingerprint density at radius 3 is 2.93 bits per heavy atom. The highest BCUT2D eigenvalue weighted by Gasteiger charge is 2.48. The summed E-state index contributed by atoms with van der Waals surface area (Å²) in [5.74, 6) is -0.395. The lowest BCUT2D eigenvalue weighted by Crippen LogP contribution is -2.50. The Labute approximate surface area is 88.8 Å². The van der Waals surface area contributed by atoms with Gasteiger partial charge in [-0.3, -0.25) is 4.79 Å². The van der Waals surface area contributed by atoms with Crippen LogP contribution in [0.3, 0.4) is 0 Å². The van der Waals surface area contributed by atoms with Gasteiger partial charge in [0.1, 0.15) is 6.10 Å². The topological polar surface area (TPSA) is 38.8 Å². The van der Waals surface area contributed by atoms with Gasteiger partial charge in [-0.15, -0.1) is 0 Å². The van der Waals surface area contributed by atoms with Crippen LogP contribution in [0.4, 0.5) is 0 Å². The molecule has 82 valence electrons. The van der Waals surface area contributed by atoms with E-state index in [0.29, 0.717) is 6.54 Å². The van der Waals surface area contributed by atoms with Gasteiger partial charge in [0.2, 0.25) is 5.91 Å². The molecule has 15 heavy (non-hydrogen) atoms. The van der Waals surface area contributed by atoms with E-state index in [4.69, 9.17) is 9.47 Å². The lowest BCUT2D eigenvalue weighted by atomic mass is 9.99. The largest absolute Gasteiger partial charge is 0.344 e. The van der Waals surface area contributed by atoms with Gasteiger partial charge >= 0.3 is 0 Å². The summed E-state index contributed by atoms with van der Waals surface area (Å²) in [5.41, 5.74) is 0. The monoisotopic (exact) mass is 209 g/mol. The number of amides is 1. The van der Waals surface area contributed by atoms with E-state index < -0.39 is 5.79 Å². The summed E-state index contributed by atoms with van der Waals surface area (Å²) in [6.07, 6.45) is 4.65. The maximum Gasteiger partial charge on any atom is 0.246 e. The van der Waals surface area contributed by atoms with Gasteiger partial charge in [0.15, 0.2) is 5.79 Å². The van der Waals surface area contributed by atoms with E-state index >= 15 is 0 Å². The molecule has 2 saturated heterocycles. The molecule has 3 heterocycles. The highest BCUT2D eigenvalue weighted by molar-refractivity contribution is 5.90. The number of hydrogen-bond donors (Lipinski definition) is 0. The Morgan fingerprint density at radius 2 is 2.13 bits per heavy atom. The molecule has 4 heteroatoms. The van der Waals surface area contributed by atoms with Crippen molar-refractivity contribution in [2.75, 3.05) is 6.54 Å². The number of ether oxygens (including phenoxy) is 2. The molecule has 4 nitrogen and oxygen atoms in total. The summed E-state index contributed by atoms with van der Waals surface area (Å²) in [6.45, 7) is 4.51. The molecule has 0 aliphatic carbocycles. The van der Waals surface area contributed by atoms with E-state index in [1.54, 1.807) is 6.08 Å². The van der Waals surface area contributed by atoms with Crippen LogP contribution < -0.4 is 0 Å². The lowest BCUT2D eigenvalue weighted by Gasteiger charge is -2.35. The second kappa shape index (κ2) is 2.83.